The minimum absolute atomic E-state index is 0.00319. The zero-order valence-electron chi connectivity index (χ0n) is 7.16. The maximum atomic E-state index is 11.2. The molecule has 0 aliphatic rings. The van der Waals surface area contributed by atoms with Crippen LogP contribution in [0, 0.1) is 6.92 Å². The second kappa shape index (κ2) is 4.07. The molecule has 0 saturated carbocycles. The summed E-state index contributed by atoms with van der Waals surface area (Å²) in [4.78, 5) is 11.2. The maximum absolute atomic E-state index is 11.2. The summed E-state index contributed by atoms with van der Waals surface area (Å²) in [6, 6.07) is 5.16. The summed E-state index contributed by atoms with van der Waals surface area (Å²) < 4.78 is 1.66. The third kappa shape index (κ3) is 1.95. The molecule has 0 aliphatic carbocycles. The van der Waals surface area contributed by atoms with Crippen LogP contribution in [0.2, 0.25) is 0 Å². The van der Waals surface area contributed by atoms with Gasteiger partial charge >= 0.3 is 0 Å². The molecule has 0 radical (unpaired) electrons. The Morgan fingerprint density at radius 1 is 1.50 bits per heavy atom. The Bertz CT molecular complexity index is 304. The standard InChI is InChI=1S/C9H13NO2/c1-8-4-2-5-9(12)10(8)6-3-7-11/h2,4-5,11H,3,6-7H2,1H3. The highest BCUT2D eigenvalue weighted by molar-refractivity contribution is 5.04. The second-order valence-corrected chi connectivity index (χ2v) is 2.73. The molecule has 1 aromatic rings. The summed E-state index contributed by atoms with van der Waals surface area (Å²) in [5, 5.41) is 8.59. The highest BCUT2D eigenvalue weighted by Crippen LogP contribution is 1.94. The first-order chi connectivity index (χ1) is 5.75. The van der Waals surface area contributed by atoms with E-state index in [1.165, 1.54) is 6.07 Å². The summed E-state index contributed by atoms with van der Waals surface area (Å²) in [6.07, 6.45) is 0.630. The predicted octanol–water partition coefficient (Wildman–Crippen LogP) is 0.539. The zero-order valence-corrected chi connectivity index (χ0v) is 7.16. The number of aliphatic hydroxyl groups excluding tert-OH is 1. The fourth-order valence-electron chi connectivity index (χ4n) is 1.14. The number of aromatic nitrogens is 1. The molecule has 1 heterocycles. The zero-order chi connectivity index (χ0) is 8.97. The van der Waals surface area contributed by atoms with Crippen molar-refractivity contribution in [3.8, 4) is 0 Å². The van der Waals surface area contributed by atoms with Gasteiger partial charge < -0.3 is 9.67 Å². The molecule has 66 valence electrons. The first-order valence-corrected chi connectivity index (χ1v) is 4.03. The lowest BCUT2D eigenvalue weighted by Gasteiger charge is -2.06. The van der Waals surface area contributed by atoms with Crippen molar-refractivity contribution < 1.29 is 5.11 Å². The SMILES string of the molecule is Cc1cccc(=O)n1CCCO. The van der Waals surface area contributed by atoms with E-state index >= 15 is 0 Å². The highest BCUT2D eigenvalue weighted by atomic mass is 16.3. The van der Waals surface area contributed by atoms with E-state index in [-0.39, 0.29) is 12.2 Å². The van der Waals surface area contributed by atoms with E-state index < -0.39 is 0 Å². The summed E-state index contributed by atoms with van der Waals surface area (Å²) in [6.45, 7) is 2.61. The minimum Gasteiger partial charge on any atom is -0.396 e. The number of hydrogen-bond acceptors (Lipinski definition) is 2. The Kier molecular flexibility index (Phi) is 3.05. The molecule has 0 spiro atoms. The van der Waals surface area contributed by atoms with E-state index in [2.05, 4.69) is 0 Å². The molecular formula is C9H13NO2. The average molecular weight is 167 g/mol. The summed E-state index contributed by atoms with van der Waals surface area (Å²) >= 11 is 0. The molecule has 3 nitrogen and oxygen atoms in total. The molecule has 0 atom stereocenters. The van der Waals surface area contributed by atoms with Crippen LogP contribution in [0.15, 0.2) is 23.0 Å². The average Bonchev–Trinajstić information content (AvgIpc) is 2.04. The van der Waals surface area contributed by atoms with Crippen molar-refractivity contribution in [3.63, 3.8) is 0 Å². The first kappa shape index (κ1) is 9.00. The van der Waals surface area contributed by atoms with Crippen molar-refractivity contribution in [2.45, 2.75) is 19.9 Å². The van der Waals surface area contributed by atoms with Crippen LogP contribution < -0.4 is 5.56 Å². The van der Waals surface area contributed by atoms with Gasteiger partial charge in [-0.15, -0.1) is 0 Å². The van der Waals surface area contributed by atoms with Gasteiger partial charge in [-0.1, -0.05) is 6.07 Å². The van der Waals surface area contributed by atoms with Crippen molar-refractivity contribution in [1.82, 2.24) is 4.57 Å². The molecular weight excluding hydrogens is 154 g/mol. The van der Waals surface area contributed by atoms with Gasteiger partial charge in [0.05, 0.1) is 0 Å². The smallest absolute Gasteiger partial charge is 0.250 e. The normalized spacial score (nSPS) is 10.2. The number of rotatable bonds is 3. The van der Waals surface area contributed by atoms with Gasteiger partial charge in [-0.3, -0.25) is 4.79 Å². The van der Waals surface area contributed by atoms with E-state index in [9.17, 15) is 4.79 Å². The number of hydrogen-bond donors (Lipinski definition) is 1. The van der Waals surface area contributed by atoms with Crippen molar-refractivity contribution in [1.29, 1.82) is 0 Å². The highest BCUT2D eigenvalue weighted by Gasteiger charge is 1.96. The molecule has 0 bridgehead atoms. The van der Waals surface area contributed by atoms with Crippen molar-refractivity contribution in [2.75, 3.05) is 6.61 Å². The van der Waals surface area contributed by atoms with Crippen LogP contribution in [0.25, 0.3) is 0 Å². The van der Waals surface area contributed by atoms with Gasteiger partial charge in [0, 0.05) is 24.9 Å². The van der Waals surface area contributed by atoms with Crippen LogP contribution in [-0.2, 0) is 6.54 Å². The van der Waals surface area contributed by atoms with Gasteiger partial charge in [0.15, 0.2) is 0 Å². The van der Waals surface area contributed by atoms with E-state index in [0.29, 0.717) is 13.0 Å². The lowest BCUT2D eigenvalue weighted by molar-refractivity contribution is 0.278. The number of aliphatic hydroxyl groups is 1. The number of pyridine rings is 1. The Morgan fingerprint density at radius 3 is 2.83 bits per heavy atom. The second-order valence-electron chi connectivity index (χ2n) is 2.73. The number of aryl methyl sites for hydroxylation is 1. The van der Waals surface area contributed by atoms with Crippen LogP contribution >= 0.6 is 0 Å². The fraction of sp³-hybridized carbons (Fsp3) is 0.444. The lowest BCUT2D eigenvalue weighted by atomic mass is 10.3. The van der Waals surface area contributed by atoms with E-state index in [1.807, 2.05) is 13.0 Å². The Hall–Kier alpha value is -1.09. The molecule has 3 heteroatoms. The maximum Gasteiger partial charge on any atom is 0.250 e. The molecule has 0 amide bonds. The molecule has 0 unspecified atom stereocenters. The van der Waals surface area contributed by atoms with Crippen LogP contribution in [0.3, 0.4) is 0 Å². The van der Waals surface area contributed by atoms with E-state index in [0.717, 1.165) is 5.69 Å². The molecule has 1 N–H and O–H groups in total. The Balaban J connectivity index is 2.89. The van der Waals surface area contributed by atoms with Crippen LogP contribution in [0.5, 0.6) is 0 Å². The van der Waals surface area contributed by atoms with Gasteiger partial charge in [0.25, 0.3) is 5.56 Å². The Morgan fingerprint density at radius 2 is 2.25 bits per heavy atom. The Labute approximate surface area is 71.3 Å². The predicted molar refractivity (Wildman–Crippen MR) is 47.1 cm³/mol. The van der Waals surface area contributed by atoms with Crippen molar-refractivity contribution in [2.24, 2.45) is 0 Å². The minimum atomic E-state index is 0.00319. The van der Waals surface area contributed by atoms with E-state index in [4.69, 9.17) is 5.11 Å². The molecule has 0 aromatic carbocycles. The summed E-state index contributed by atoms with van der Waals surface area (Å²) in [5.74, 6) is 0. The third-order valence-corrected chi connectivity index (χ3v) is 1.81. The molecule has 0 aliphatic heterocycles. The quantitative estimate of drug-likeness (QED) is 0.714. The first-order valence-electron chi connectivity index (χ1n) is 4.03. The van der Waals surface area contributed by atoms with Gasteiger partial charge in [0.2, 0.25) is 0 Å². The van der Waals surface area contributed by atoms with Gasteiger partial charge in [-0.05, 0) is 19.4 Å². The van der Waals surface area contributed by atoms with Gasteiger partial charge in [0.1, 0.15) is 0 Å². The fourth-order valence-corrected chi connectivity index (χ4v) is 1.14. The summed E-state index contributed by atoms with van der Waals surface area (Å²) in [5.41, 5.74) is 0.944. The monoisotopic (exact) mass is 167 g/mol. The largest absolute Gasteiger partial charge is 0.396 e. The van der Waals surface area contributed by atoms with Crippen molar-refractivity contribution in [3.05, 3.63) is 34.2 Å². The van der Waals surface area contributed by atoms with Gasteiger partial charge in [-0.2, -0.15) is 0 Å². The van der Waals surface area contributed by atoms with Gasteiger partial charge in [-0.25, -0.2) is 0 Å². The molecule has 1 aromatic heterocycles. The molecule has 12 heavy (non-hydrogen) atoms. The number of nitrogens with zero attached hydrogens (tertiary/aromatic N) is 1. The third-order valence-electron chi connectivity index (χ3n) is 1.81. The topological polar surface area (TPSA) is 42.2 Å². The molecule has 0 saturated heterocycles. The van der Waals surface area contributed by atoms with Crippen LogP contribution in [0.4, 0.5) is 0 Å². The van der Waals surface area contributed by atoms with Crippen LogP contribution in [-0.4, -0.2) is 16.3 Å². The van der Waals surface area contributed by atoms with E-state index in [1.54, 1.807) is 10.6 Å². The molecule has 0 fully saturated rings. The van der Waals surface area contributed by atoms with Crippen LogP contribution in [0.1, 0.15) is 12.1 Å². The lowest BCUT2D eigenvalue weighted by Crippen LogP contribution is -2.21. The summed E-state index contributed by atoms with van der Waals surface area (Å²) in [7, 11) is 0. The molecule has 1 rings (SSSR count). The van der Waals surface area contributed by atoms with Crippen molar-refractivity contribution >= 4 is 0 Å².